The third-order valence-electron chi connectivity index (χ3n) is 11.9. The van der Waals surface area contributed by atoms with Crippen LogP contribution >= 0.6 is 11.6 Å². The van der Waals surface area contributed by atoms with E-state index >= 15 is 8.78 Å². The molecule has 12 nitrogen and oxygen atoms in total. The number of nitrogens with zero attached hydrogens (tertiary/aromatic N) is 4. The summed E-state index contributed by atoms with van der Waals surface area (Å²) in [6, 6.07) is 20.2. The fourth-order valence-electron chi connectivity index (χ4n) is 8.22. The molecule has 0 atom stereocenters. The highest BCUT2D eigenvalue weighted by atomic mass is 35.5. The third kappa shape index (κ3) is 9.74. The summed E-state index contributed by atoms with van der Waals surface area (Å²) in [5.41, 5.74) is 3.36. The molecular formula is C46H47ClF2N6O6S. The summed E-state index contributed by atoms with van der Waals surface area (Å²) >= 11 is 6.23. The van der Waals surface area contributed by atoms with Crippen molar-refractivity contribution in [2.45, 2.75) is 56.5 Å². The van der Waals surface area contributed by atoms with Crippen molar-refractivity contribution in [1.29, 1.82) is 5.26 Å². The van der Waals surface area contributed by atoms with Gasteiger partial charge >= 0.3 is 0 Å². The molecular weight excluding hydrogens is 838 g/mol. The number of halogens is 3. The zero-order chi connectivity index (χ0) is 43.6. The number of alkyl halides is 1. The predicted octanol–water partition coefficient (Wildman–Crippen LogP) is 8.82. The summed E-state index contributed by atoms with van der Waals surface area (Å²) in [5.74, 6) is -2.22. The average molecular weight is 885 g/mol. The average Bonchev–Trinajstić information content (AvgIpc) is 3.71. The molecule has 324 valence electrons. The molecule has 0 radical (unpaired) electrons. The van der Waals surface area contributed by atoms with Gasteiger partial charge in [-0.25, -0.2) is 26.9 Å². The number of aromatic nitrogens is 2. The first-order valence-corrected chi connectivity index (χ1v) is 22.4. The van der Waals surface area contributed by atoms with Crippen LogP contribution in [0.2, 0.25) is 5.02 Å². The summed E-state index contributed by atoms with van der Waals surface area (Å²) in [6.45, 7) is 8.39. The van der Waals surface area contributed by atoms with E-state index in [0.29, 0.717) is 34.7 Å². The Balaban J connectivity index is 1.01. The van der Waals surface area contributed by atoms with Crippen LogP contribution in [0.1, 0.15) is 67.4 Å². The Hall–Kier alpha value is -5.53. The molecule has 1 aliphatic carbocycles. The Kier molecular flexibility index (Phi) is 12.3. The van der Waals surface area contributed by atoms with Crippen LogP contribution in [0.3, 0.4) is 0 Å². The maximum Gasteiger partial charge on any atom is 0.268 e. The van der Waals surface area contributed by atoms with Crippen molar-refractivity contribution in [3.8, 4) is 23.4 Å². The minimum atomic E-state index is -4.62. The van der Waals surface area contributed by atoms with Gasteiger partial charge in [-0.05, 0) is 78.3 Å². The molecule has 0 spiro atoms. The summed E-state index contributed by atoms with van der Waals surface area (Å²) in [5, 5.41) is 11.2. The molecule has 0 unspecified atom stereocenters. The lowest BCUT2D eigenvalue weighted by Crippen LogP contribution is -2.47. The minimum Gasteiger partial charge on any atom is -0.473 e. The SMILES string of the molecule is CC1(C)CCC(CN2CCN(c3ccc(C(=O)NS(=O)(=O)c4cnc(OCC5(F)CCOCC5)c(C#N)c4)c(Oc4cc5cc[nH]c5cc4F)c3)CC2)=C(c2ccc(Cl)cc2)C1. The second-order valence-electron chi connectivity index (χ2n) is 16.9. The van der Waals surface area contributed by atoms with Gasteiger partial charge in [0.25, 0.3) is 15.9 Å². The van der Waals surface area contributed by atoms with Crippen LogP contribution in [-0.2, 0) is 14.8 Å². The molecule has 0 bridgehead atoms. The normalized spacial score (nSPS) is 18.0. The highest BCUT2D eigenvalue weighted by Crippen LogP contribution is 2.43. The second kappa shape index (κ2) is 17.7. The van der Waals surface area contributed by atoms with Gasteiger partial charge in [0.2, 0.25) is 5.88 Å². The van der Waals surface area contributed by atoms with Crippen molar-refractivity contribution in [3.05, 3.63) is 112 Å². The standard InChI is InChI=1S/C46H47ClF2N6O6S/c1-45(2)11-9-32(38(25-45)30-3-5-34(47)6-4-30)28-54-15-17-55(18-16-54)35-7-8-37(41(23-35)61-42-22-31-10-14-51-40(31)24-39(42)48)43(56)53-62(57,58)36-21-33(26-50)44(52-27-36)60-29-46(49)12-19-59-20-13-46/h3-8,10,14,21-24,27,51H,9,11-13,15-20,25,28-29H2,1-2H3,(H,53,56). The largest absolute Gasteiger partial charge is 0.473 e. The zero-order valence-corrected chi connectivity index (χ0v) is 36.1. The number of amides is 1. The van der Waals surface area contributed by atoms with Gasteiger partial charge in [0.15, 0.2) is 11.6 Å². The summed E-state index contributed by atoms with van der Waals surface area (Å²) < 4.78 is 76.7. The number of fused-ring (bicyclic) bond motifs is 1. The number of aromatic amines is 1. The number of benzene rings is 3. The van der Waals surface area contributed by atoms with Crippen molar-refractivity contribution in [2.75, 3.05) is 57.4 Å². The molecule has 2 fully saturated rings. The number of rotatable bonds is 12. The molecule has 62 heavy (non-hydrogen) atoms. The lowest BCUT2D eigenvalue weighted by Gasteiger charge is -2.39. The quantitative estimate of drug-likeness (QED) is 0.125. The molecule has 4 heterocycles. The maximum atomic E-state index is 15.4. The Labute approximate surface area is 364 Å². The van der Waals surface area contributed by atoms with Crippen LogP contribution in [0.5, 0.6) is 17.4 Å². The first kappa shape index (κ1) is 43.1. The van der Waals surface area contributed by atoms with Crippen LogP contribution < -0.4 is 19.1 Å². The van der Waals surface area contributed by atoms with Crippen molar-refractivity contribution < 1.29 is 36.2 Å². The van der Waals surface area contributed by atoms with Crippen molar-refractivity contribution >= 4 is 49.7 Å². The Bertz CT molecular complexity index is 2670. The number of carbonyl (C=O) groups is 1. The number of sulfonamides is 1. The highest BCUT2D eigenvalue weighted by molar-refractivity contribution is 7.90. The minimum absolute atomic E-state index is 0.0677. The lowest BCUT2D eigenvalue weighted by molar-refractivity contribution is -0.0331. The Morgan fingerprint density at radius 2 is 1.77 bits per heavy atom. The molecule has 3 aromatic carbocycles. The molecule has 2 aromatic heterocycles. The van der Waals surface area contributed by atoms with Crippen molar-refractivity contribution in [3.63, 3.8) is 0 Å². The molecule has 8 rings (SSSR count). The van der Waals surface area contributed by atoms with E-state index < -0.39 is 38.9 Å². The number of nitriles is 1. The number of nitrogens with one attached hydrogen (secondary N) is 2. The molecule has 2 aliphatic heterocycles. The number of allylic oxidation sites excluding steroid dienone is 1. The van der Waals surface area contributed by atoms with E-state index in [1.54, 1.807) is 24.4 Å². The fraction of sp³-hybridized carbons (Fsp3) is 0.370. The molecule has 16 heteroatoms. The number of anilines is 1. The van der Waals surface area contributed by atoms with Gasteiger partial charge < -0.3 is 24.1 Å². The number of pyridine rings is 1. The van der Waals surface area contributed by atoms with E-state index in [9.17, 15) is 18.5 Å². The number of piperazine rings is 1. The molecule has 3 aliphatic rings. The smallest absolute Gasteiger partial charge is 0.268 e. The van der Waals surface area contributed by atoms with Crippen LogP contribution in [0.25, 0.3) is 16.5 Å². The first-order valence-electron chi connectivity index (χ1n) is 20.6. The lowest BCUT2D eigenvalue weighted by atomic mass is 9.72. The van der Waals surface area contributed by atoms with E-state index in [2.05, 4.69) is 45.7 Å². The molecule has 0 saturated carbocycles. The van der Waals surface area contributed by atoms with Gasteiger partial charge in [0.05, 0.1) is 11.8 Å². The summed E-state index contributed by atoms with van der Waals surface area (Å²) in [7, 11) is -4.62. The van der Waals surface area contributed by atoms with Crippen molar-refractivity contribution in [2.24, 2.45) is 5.41 Å². The fourth-order valence-corrected chi connectivity index (χ4v) is 9.28. The zero-order valence-electron chi connectivity index (χ0n) is 34.5. The van der Waals surface area contributed by atoms with Gasteiger partial charge in [0.1, 0.15) is 34.6 Å². The monoisotopic (exact) mass is 884 g/mol. The molecule has 2 saturated heterocycles. The second-order valence-corrected chi connectivity index (χ2v) is 19.1. The van der Waals surface area contributed by atoms with Gasteiger partial charge in [-0.15, -0.1) is 0 Å². The van der Waals surface area contributed by atoms with Crippen LogP contribution in [0.4, 0.5) is 14.5 Å². The number of hydrogen-bond donors (Lipinski definition) is 2. The molecule has 5 aromatic rings. The van der Waals surface area contributed by atoms with Crippen LogP contribution in [0.15, 0.2) is 89.6 Å². The highest BCUT2D eigenvalue weighted by Gasteiger charge is 2.34. The van der Waals surface area contributed by atoms with E-state index in [4.69, 9.17) is 25.8 Å². The molecule has 1 amide bonds. The third-order valence-corrected chi connectivity index (χ3v) is 13.5. The van der Waals surface area contributed by atoms with Crippen LogP contribution in [0, 0.1) is 22.6 Å². The van der Waals surface area contributed by atoms with E-state index in [-0.39, 0.29) is 60.0 Å². The Morgan fingerprint density at radius 1 is 1.02 bits per heavy atom. The first-order chi connectivity index (χ1) is 29.7. The number of hydrogen-bond acceptors (Lipinski definition) is 10. The van der Waals surface area contributed by atoms with Gasteiger partial charge in [0, 0.05) is 98.7 Å². The van der Waals surface area contributed by atoms with Gasteiger partial charge in [-0.3, -0.25) is 9.69 Å². The number of carbonyl (C=O) groups excluding carboxylic acids is 1. The van der Waals surface area contributed by atoms with E-state index in [0.717, 1.165) is 51.2 Å². The number of ether oxygens (including phenoxy) is 3. The van der Waals surface area contributed by atoms with Crippen LogP contribution in [-0.4, -0.2) is 87.4 Å². The van der Waals surface area contributed by atoms with Gasteiger partial charge in [-0.2, -0.15) is 5.26 Å². The van der Waals surface area contributed by atoms with Crippen molar-refractivity contribution in [1.82, 2.24) is 19.6 Å². The number of H-pyrrole nitrogens is 1. The van der Waals surface area contributed by atoms with E-state index in [1.807, 2.05) is 22.9 Å². The van der Waals surface area contributed by atoms with Gasteiger partial charge in [-0.1, -0.05) is 43.2 Å². The Morgan fingerprint density at radius 3 is 2.52 bits per heavy atom. The maximum absolute atomic E-state index is 15.4. The summed E-state index contributed by atoms with van der Waals surface area (Å²) in [4.78, 5) is 24.9. The summed E-state index contributed by atoms with van der Waals surface area (Å²) in [6.07, 6.45) is 5.92. The van der Waals surface area contributed by atoms with E-state index in [1.165, 1.54) is 34.9 Å². The predicted molar refractivity (Wildman–Crippen MR) is 232 cm³/mol. The topological polar surface area (TPSA) is 150 Å². The molecule has 2 N–H and O–H groups in total.